The zero-order chi connectivity index (χ0) is 24.6. The maximum atomic E-state index is 13.3. The molecule has 0 fully saturated rings. The standard InChI is InChI=1S/C26H29N3O4S/c1-20(2)19-33-24-13-11-22(12-14-24)17-27-28-26(30)18-29(23-7-5-4-6-8-23)34(31,32)25-15-9-21(3)10-16-25/h4-17,20H,18-19H2,1-3H3,(H,28,30)/b27-17-. The van der Waals surface area contributed by atoms with Crippen molar-refractivity contribution in [2.45, 2.75) is 25.7 Å². The number of carbonyl (C=O) groups excluding carboxylic acids is 1. The highest BCUT2D eigenvalue weighted by atomic mass is 32.2. The van der Waals surface area contributed by atoms with Gasteiger partial charge in [-0.05, 0) is 66.9 Å². The second-order valence-electron chi connectivity index (χ2n) is 8.23. The van der Waals surface area contributed by atoms with Crippen LogP contribution in [0.3, 0.4) is 0 Å². The van der Waals surface area contributed by atoms with Gasteiger partial charge in [-0.1, -0.05) is 49.7 Å². The summed E-state index contributed by atoms with van der Waals surface area (Å²) in [6.07, 6.45) is 1.49. The van der Waals surface area contributed by atoms with Crippen LogP contribution < -0.4 is 14.5 Å². The number of anilines is 1. The second kappa shape index (κ2) is 11.5. The van der Waals surface area contributed by atoms with Gasteiger partial charge in [-0.3, -0.25) is 9.10 Å². The van der Waals surface area contributed by atoms with Crippen LogP contribution in [0.2, 0.25) is 0 Å². The molecule has 0 spiro atoms. The summed E-state index contributed by atoms with van der Waals surface area (Å²) >= 11 is 0. The van der Waals surface area contributed by atoms with Crippen LogP contribution in [0.25, 0.3) is 0 Å². The molecule has 0 aliphatic rings. The van der Waals surface area contributed by atoms with E-state index in [2.05, 4.69) is 24.4 Å². The quantitative estimate of drug-likeness (QED) is 0.345. The molecule has 178 valence electrons. The van der Waals surface area contributed by atoms with Gasteiger partial charge in [0, 0.05) is 0 Å². The van der Waals surface area contributed by atoms with Gasteiger partial charge in [0.25, 0.3) is 15.9 Å². The van der Waals surface area contributed by atoms with Crippen LogP contribution >= 0.6 is 0 Å². The van der Waals surface area contributed by atoms with Crippen LogP contribution in [0.15, 0.2) is 88.9 Å². The molecule has 0 saturated carbocycles. The van der Waals surface area contributed by atoms with Crippen molar-refractivity contribution >= 4 is 27.8 Å². The fourth-order valence-electron chi connectivity index (χ4n) is 3.00. The molecule has 1 N–H and O–H groups in total. The second-order valence-corrected chi connectivity index (χ2v) is 10.1. The Labute approximate surface area is 201 Å². The summed E-state index contributed by atoms with van der Waals surface area (Å²) in [4.78, 5) is 12.7. The Kier molecular flexibility index (Phi) is 8.43. The zero-order valence-corrected chi connectivity index (χ0v) is 20.3. The van der Waals surface area contributed by atoms with Crippen LogP contribution in [0.4, 0.5) is 5.69 Å². The molecule has 1 amide bonds. The summed E-state index contributed by atoms with van der Waals surface area (Å²) in [5, 5.41) is 3.97. The normalized spacial score (nSPS) is 11.5. The molecule has 3 aromatic carbocycles. The van der Waals surface area contributed by atoms with E-state index in [0.717, 1.165) is 21.2 Å². The first-order chi connectivity index (χ1) is 16.3. The predicted octanol–water partition coefficient (Wildman–Crippen LogP) is 4.38. The Morgan fingerprint density at radius 1 is 1.00 bits per heavy atom. The molecule has 0 aromatic heterocycles. The summed E-state index contributed by atoms with van der Waals surface area (Å²) in [6, 6.07) is 22.3. The molecular weight excluding hydrogens is 450 g/mol. The Balaban J connectivity index is 1.69. The van der Waals surface area contributed by atoms with Gasteiger partial charge in [-0.2, -0.15) is 5.10 Å². The minimum Gasteiger partial charge on any atom is -0.493 e. The minimum absolute atomic E-state index is 0.109. The molecule has 0 unspecified atom stereocenters. The summed E-state index contributed by atoms with van der Waals surface area (Å²) in [5.74, 6) is 0.629. The van der Waals surface area contributed by atoms with Gasteiger partial charge in [-0.15, -0.1) is 0 Å². The van der Waals surface area contributed by atoms with Crippen LogP contribution in [0.1, 0.15) is 25.0 Å². The first-order valence-corrected chi connectivity index (χ1v) is 12.4. The van der Waals surface area contributed by atoms with Crippen molar-refractivity contribution in [3.05, 3.63) is 90.0 Å². The number of para-hydroxylation sites is 1. The molecule has 0 atom stereocenters. The number of ether oxygens (including phenoxy) is 1. The summed E-state index contributed by atoms with van der Waals surface area (Å²) < 4.78 is 33.3. The van der Waals surface area contributed by atoms with E-state index in [1.807, 2.05) is 31.2 Å². The van der Waals surface area contributed by atoms with Crippen LogP contribution in [-0.4, -0.2) is 33.7 Å². The molecule has 0 bridgehead atoms. The van der Waals surface area contributed by atoms with Crippen molar-refractivity contribution in [2.24, 2.45) is 11.0 Å². The molecule has 0 aliphatic carbocycles. The maximum Gasteiger partial charge on any atom is 0.264 e. The lowest BCUT2D eigenvalue weighted by Crippen LogP contribution is -2.39. The Morgan fingerprint density at radius 2 is 1.65 bits per heavy atom. The first kappa shape index (κ1) is 25.0. The van der Waals surface area contributed by atoms with Crippen LogP contribution in [0, 0.1) is 12.8 Å². The smallest absolute Gasteiger partial charge is 0.264 e. The third-order valence-electron chi connectivity index (χ3n) is 4.81. The summed E-state index contributed by atoms with van der Waals surface area (Å²) in [7, 11) is -3.95. The molecule has 0 radical (unpaired) electrons. The number of nitrogens with zero attached hydrogens (tertiary/aromatic N) is 2. The molecule has 0 aliphatic heterocycles. The van der Waals surface area contributed by atoms with Crippen molar-refractivity contribution in [3.8, 4) is 5.75 Å². The van der Waals surface area contributed by atoms with E-state index in [9.17, 15) is 13.2 Å². The molecular formula is C26H29N3O4S. The number of benzene rings is 3. The Morgan fingerprint density at radius 3 is 2.26 bits per heavy atom. The summed E-state index contributed by atoms with van der Waals surface area (Å²) in [5.41, 5.74) is 4.51. The monoisotopic (exact) mass is 479 g/mol. The van der Waals surface area contributed by atoms with Crippen molar-refractivity contribution in [3.63, 3.8) is 0 Å². The van der Waals surface area contributed by atoms with E-state index >= 15 is 0 Å². The zero-order valence-electron chi connectivity index (χ0n) is 19.5. The Hall–Kier alpha value is -3.65. The number of carbonyl (C=O) groups is 1. The van der Waals surface area contributed by atoms with Gasteiger partial charge in [0.15, 0.2) is 0 Å². The van der Waals surface area contributed by atoms with Gasteiger partial charge in [0.05, 0.1) is 23.4 Å². The van der Waals surface area contributed by atoms with Gasteiger partial charge < -0.3 is 4.74 Å². The molecule has 3 aromatic rings. The molecule has 34 heavy (non-hydrogen) atoms. The predicted molar refractivity (Wildman–Crippen MR) is 135 cm³/mol. The molecule has 8 heteroatoms. The molecule has 0 saturated heterocycles. The van der Waals surface area contributed by atoms with E-state index in [-0.39, 0.29) is 4.90 Å². The van der Waals surface area contributed by atoms with E-state index in [4.69, 9.17) is 4.74 Å². The van der Waals surface area contributed by atoms with E-state index in [0.29, 0.717) is 18.2 Å². The van der Waals surface area contributed by atoms with Crippen LogP contribution in [0.5, 0.6) is 5.75 Å². The number of sulfonamides is 1. The van der Waals surface area contributed by atoms with E-state index < -0.39 is 22.5 Å². The number of nitrogens with one attached hydrogen (secondary N) is 1. The molecule has 7 nitrogen and oxygen atoms in total. The highest BCUT2D eigenvalue weighted by molar-refractivity contribution is 7.92. The fourth-order valence-corrected chi connectivity index (χ4v) is 4.43. The number of hydrazone groups is 1. The first-order valence-electron chi connectivity index (χ1n) is 10.9. The average molecular weight is 480 g/mol. The number of amides is 1. The van der Waals surface area contributed by atoms with Gasteiger partial charge in [-0.25, -0.2) is 13.8 Å². The highest BCUT2D eigenvalue weighted by Gasteiger charge is 2.27. The van der Waals surface area contributed by atoms with Crippen LogP contribution in [-0.2, 0) is 14.8 Å². The highest BCUT2D eigenvalue weighted by Crippen LogP contribution is 2.23. The lowest BCUT2D eigenvalue weighted by molar-refractivity contribution is -0.119. The average Bonchev–Trinajstić information content (AvgIpc) is 2.83. The van der Waals surface area contributed by atoms with Gasteiger partial charge >= 0.3 is 0 Å². The van der Waals surface area contributed by atoms with Gasteiger partial charge in [0.1, 0.15) is 12.3 Å². The minimum atomic E-state index is -3.95. The molecule has 3 rings (SSSR count). The number of hydrogen-bond acceptors (Lipinski definition) is 5. The van der Waals surface area contributed by atoms with Crippen molar-refractivity contribution < 1.29 is 17.9 Å². The lowest BCUT2D eigenvalue weighted by atomic mass is 10.2. The number of rotatable bonds is 10. The van der Waals surface area contributed by atoms with Gasteiger partial charge in [0.2, 0.25) is 0 Å². The lowest BCUT2D eigenvalue weighted by Gasteiger charge is -2.23. The van der Waals surface area contributed by atoms with Crippen molar-refractivity contribution in [1.82, 2.24) is 5.43 Å². The van der Waals surface area contributed by atoms with Crippen molar-refractivity contribution in [1.29, 1.82) is 0 Å². The third-order valence-corrected chi connectivity index (χ3v) is 6.59. The summed E-state index contributed by atoms with van der Waals surface area (Å²) in [6.45, 7) is 6.25. The topological polar surface area (TPSA) is 88.1 Å². The largest absolute Gasteiger partial charge is 0.493 e. The number of aryl methyl sites for hydroxylation is 1. The third kappa shape index (κ3) is 6.92. The molecule has 0 heterocycles. The maximum absolute atomic E-state index is 13.3. The van der Waals surface area contributed by atoms with E-state index in [1.165, 1.54) is 18.3 Å². The SMILES string of the molecule is Cc1ccc(S(=O)(=O)N(CC(=O)N/N=C\c2ccc(OCC(C)C)cc2)c2ccccc2)cc1. The number of hydrogen-bond donors (Lipinski definition) is 1. The van der Waals surface area contributed by atoms with E-state index in [1.54, 1.807) is 42.5 Å². The fraction of sp³-hybridized carbons (Fsp3) is 0.231. The van der Waals surface area contributed by atoms with Crippen molar-refractivity contribution in [2.75, 3.05) is 17.5 Å². The Bertz CT molecular complexity index is 1210.